The fraction of sp³-hybridized carbons (Fsp3) is 0.143. The summed E-state index contributed by atoms with van der Waals surface area (Å²) in [7, 11) is 1.54. The van der Waals surface area contributed by atoms with Crippen molar-refractivity contribution >= 4 is 23.4 Å². The standard InChI is InChI=1S/C14H11N5OS/c1-8-3-4-9(6-15)5-10(8)19-12-11(18-14(19)21)13(20-2)17-7-16-12/h3-5,7H,1-2H3,(H,18,21). The van der Waals surface area contributed by atoms with Gasteiger partial charge in [0.2, 0.25) is 5.88 Å². The summed E-state index contributed by atoms with van der Waals surface area (Å²) in [6, 6.07) is 7.57. The molecule has 0 radical (unpaired) electrons. The van der Waals surface area contributed by atoms with Crippen LogP contribution < -0.4 is 4.74 Å². The Bertz CT molecular complexity index is 935. The molecule has 1 N–H and O–H groups in total. The number of imidazole rings is 1. The second kappa shape index (κ2) is 5.00. The van der Waals surface area contributed by atoms with Crippen LogP contribution in [-0.4, -0.2) is 26.6 Å². The molecule has 0 aliphatic carbocycles. The summed E-state index contributed by atoms with van der Waals surface area (Å²) in [5.74, 6) is 0.430. The number of ether oxygens (including phenoxy) is 1. The third-order valence-electron chi connectivity index (χ3n) is 3.21. The monoisotopic (exact) mass is 297 g/mol. The molecule has 21 heavy (non-hydrogen) atoms. The molecule has 0 fully saturated rings. The maximum atomic E-state index is 9.08. The summed E-state index contributed by atoms with van der Waals surface area (Å²) in [6.45, 7) is 1.95. The predicted octanol–water partition coefficient (Wildman–Crippen LogP) is 2.67. The lowest BCUT2D eigenvalue weighted by Gasteiger charge is -2.08. The van der Waals surface area contributed by atoms with E-state index in [1.54, 1.807) is 16.7 Å². The first-order valence-electron chi connectivity index (χ1n) is 6.16. The summed E-state index contributed by atoms with van der Waals surface area (Å²) in [4.78, 5) is 11.4. The van der Waals surface area contributed by atoms with Crippen molar-refractivity contribution in [1.82, 2.24) is 19.5 Å². The second-order valence-electron chi connectivity index (χ2n) is 4.46. The zero-order valence-corrected chi connectivity index (χ0v) is 12.2. The van der Waals surface area contributed by atoms with Crippen LogP contribution in [0.25, 0.3) is 16.9 Å². The van der Waals surface area contributed by atoms with Crippen molar-refractivity contribution in [2.45, 2.75) is 6.92 Å². The van der Waals surface area contributed by atoms with Crippen molar-refractivity contribution in [1.29, 1.82) is 5.26 Å². The minimum absolute atomic E-state index is 0.430. The maximum absolute atomic E-state index is 9.08. The van der Waals surface area contributed by atoms with Crippen LogP contribution in [0, 0.1) is 23.0 Å². The smallest absolute Gasteiger partial charge is 0.242 e. The predicted molar refractivity (Wildman–Crippen MR) is 80.1 cm³/mol. The molecule has 0 bridgehead atoms. The summed E-state index contributed by atoms with van der Waals surface area (Å²) in [5.41, 5.74) is 3.61. The van der Waals surface area contributed by atoms with Gasteiger partial charge in [-0.25, -0.2) is 4.98 Å². The average Bonchev–Trinajstić information content (AvgIpc) is 2.83. The van der Waals surface area contributed by atoms with Crippen LogP contribution in [0.15, 0.2) is 24.5 Å². The Hall–Kier alpha value is -2.72. The highest BCUT2D eigenvalue weighted by atomic mass is 32.1. The Morgan fingerprint density at radius 1 is 1.38 bits per heavy atom. The Labute approximate surface area is 125 Å². The van der Waals surface area contributed by atoms with E-state index in [0.29, 0.717) is 27.4 Å². The van der Waals surface area contributed by atoms with E-state index < -0.39 is 0 Å². The number of methoxy groups -OCH3 is 1. The fourth-order valence-corrected chi connectivity index (χ4v) is 2.48. The van der Waals surface area contributed by atoms with Gasteiger partial charge in [0.05, 0.1) is 24.4 Å². The van der Waals surface area contributed by atoms with Gasteiger partial charge in [-0.3, -0.25) is 4.57 Å². The lowest BCUT2D eigenvalue weighted by Crippen LogP contribution is -2.00. The van der Waals surface area contributed by atoms with Crippen LogP contribution in [0.1, 0.15) is 11.1 Å². The van der Waals surface area contributed by atoms with Crippen molar-refractivity contribution < 1.29 is 4.74 Å². The van der Waals surface area contributed by atoms with Gasteiger partial charge in [0.25, 0.3) is 0 Å². The number of aryl methyl sites for hydroxylation is 1. The van der Waals surface area contributed by atoms with Gasteiger partial charge in [0.15, 0.2) is 10.4 Å². The summed E-state index contributed by atoms with van der Waals surface area (Å²) in [6.07, 6.45) is 1.42. The highest BCUT2D eigenvalue weighted by Crippen LogP contribution is 2.25. The van der Waals surface area contributed by atoms with Crippen LogP contribution in [0.2, 0.25) is 0 Å². The quantitative estimate of drug-likeness (QED) is 0.736. The van der Waals surface area contributed by atoms with E-state index >= 15 is 0 Å². The molecule has 0 aliphatic heterocycles. The van der Waals surface area contributed by atoms with Crippen molar-refractivity contribution in [3.8, 4) is 17.6 Å². The van der Waals surface area contributed by atoms with E-state index in [4.69, 9.17) is 22.2 Å². The van der Waals surface area contributed by atoms with Gasteiger partial charge in [-0.1, -0.05) is 6.07 Å². The van der Waals surface area contributed by atoms with E-state index in [9.17, 15) is 0 Å². The van der Waals surface area contributed by atoms with Gasteiger partial charge in [-0.05, 0) is 36.8 Å². The molecule has 6 nitrogen and oxygen atoms in total. The molecule has 7 heteroatoms. The van der Waals surface area contributed by atoms with E-state index in [2.05, 4.69) is 21.0 Å². The van der Waals surface area contributed by atoms with Crippen LogP contribution >= 0.6 is 12.2 Å². The zero-order valence-electron chi connectivity index (χ0n) is 11.4. The highest BCUT2D eigenvalue weighted by Gasteiger charge is 2.14. The molecule has 2 aromatic heterocycles. The molecule has 0 unspecified atom stereocenters. The van der Waals surface area contributed by atoms with Gasteiger partial charge in [0.1, 0.15) is 11.8 Å². The minimum atomic E-state index is 0.430. The summed E-state index contributed by atoms with van der Waals surface area (Å²) < 4.78 is 7.47. The maximum Gasteiger partial charge on any atom is 0.242 e. The molecule has 0 saturated carbocycles. The third-order valence-corrected chi connectivity index (χ3v) is 3.50. The molecular formula is C14H11N5OS. The molecule has 0 aliphatic rings. The van der Waals surface area contributed by atoms with Gasteiger partial charge >= 0.3 is 0 Å². The molecule has 3 aromatic rings. The first kappa shape index (κ1) is 13.3. The molecule has 1 aromatic carbocycles. The number of fused-ring (bicyclic) bond motifs is 1. The topological polar surface area (TPSA) is 79.5 Å². The first-order chi connectivity index (χ1) is 10.2. The van der Waals surface area contributed by atoms with E-state index in [1.165, 1.54) is 13.4 Å². The second-order valence-corrected chi connectivity index (χ2v) is 4.85. The van der Waals surface area contributed by atoms with Crippen LogP contribution in [0.3, 0.4) is 0 Å². The van der Waals surface area contributed by atoms with Crippen molar-refractivity contribution in [3.63, 3.8) is 0 Å². The number of hydrogen-bond acceptors (Lipinski definition) is 5. The molecule has 3 rings (SSSR count). The Balaban J connectivity index is 2.39. The Morgan fingerprint density at radius 3 is 2.90 bits per heavy atom. The fourth-order valence-electron chi connectivity index (χ4n) is 2.20. The number of nitrogens with one attached hydrogen (secondary N) is 1. The van der Waals surface area contributed by atoms with E-state index in [-0.39, 0.29) is 0 Å². The van der Waals surface area contributed by atoms with Crippen molar-refractivity contribution in [2.24, 2.45) is 0 Å². The van der Waals surface area contributed by atoms with Gasteiger partial charge in [-0.15, -0.1) is 0 Å². The van der Waals surface area contributed by atoms with Crippen LogP contribution in [0.4, 0.5) is 0 Å². The number of nitriles is 1. The normalized spacial score (nSPS) is 10.5. The minimum Gasteiger partial charge on any atom is -0.479 e. The first-order valence-corrected chi connectivity index (χ1v) is 6.57. The number of aromatic amines is 1. The number of rotatable bonds is 2. The van der Waals surface area contributed by atoms with Crippen molar-refractivity contribution in [3.05, 3.63) is 40.4 Å². The van der Waals surface area contributed by atoms with E-state index in [0.717, 1.165) is 11.3 Å². The molecule has 0 spiro atoms. The van der Waals surface area contributed by atoms with Gasteiger partial charge in [-0.2, -0.15) is 10.2 Å². The molecule has 104 valence electrons. The molecule has 0 amide bonds. The Kier molecular flexibility index (Phi) is 3.16. The molecule has 0 atom stereocenters. The highest BCUT2D eigenvalue weighted by molar-refractivity contribution is 7.71. The molecular weight excluding hydrogens is 286 g/mol. The number of nitrogens with zero attached hydrogens (tertiary/aromatic N) is 4. The largest absolute Gasteiger partial charge is 0.479 e. The summed E-state index contributed by atoms with van der Waals surface area (Å²) in [5, 5.41) is 9.08. The molecule has 0 saturated heterocycles. The number of H-pyrrole nitrogens is 1. The summed E-state index contributed by atoms with van der Waals surface area (Å²) >= 11 is 5.38. The third kappa shape index (κ3) is 2.06. The SMILES string of the molecule is COc1ncnc2c1[nH]c(=S)n2-c1cc(C#N)ccc1C. The van der Waals surface area contributed by atoms with Gasteiger partial charge < -0.3 is 9.72 Å². The number of hydrogen-bond donors (Lipinski definition) is 1. The van der Waals surface area contributed by atoms with Crippen LogP contribution in [-0.2, 0) is 0 Å². The molecule has 2 heterocycles. The van der Waals surface area contributed by atoms with Crippen molar-refractivity contribution in [2.75, 3.05) is 7.11 Å². The average molecular weight is 297 g/mol. The van der Waals surface area contributed by atoms with E-state index in [1.807, 2.05) is 13.0 Å². The Morgan fingerprint density at radius 2 is 2.19 bits per heavy atom. The van der Waals surface area contributed by atoms with Gasteiger partial charge in [0, 0.05) is 0 Å². The lowest BCUT2D eigenvalue weighted by molar-refractivity contribution is 0.401. The number of aromatic nitrogens is 4. The number of benzene rings is 1. The zero-order chi connectivity index (χ0) is 15.0. The lowest BCUT2D eigenvalue weighted by atomic mass is 10.1. The van der Waals surface area contributed by atoms with Crippen LogP contribution in [0.5, 0.6) is 5.88 Å².